The number of rotatable bonds is 30. The Bertz CT molecular complexity index is 810. The summed E-state index contributed by atoms with van der Waals surface area (Å²) in [4.78, 5) is 24.1. The van der Waals surface area contributed by atoms with Crippen LogP contribution >= 0.6 is 0 Å². The molecule has 252 valence electrons. The molecule has 0 aromatic heterocycles. The normalized spacial score (nSPS) is 13.6. The first kappa shape index (κ1) is 41.6. The van der Waals surface area contributed by atoms with Gasteiger partial charge in [0.2, 0.25) is 0 Å². The van der Waals surface area contributed by atoms with Crippen molar-refractivity contribution in [3.05, 3.63) is 60.8 Å². The molecule has 0 rings (SSSR count). The lowest BCUT2D eigenvalue weighted by Gasteiger charge is -2.16. The predicted octanol–water partition coefficient (Wildman–Crippen LogP) is 9.42. The Morgan fingerprint density at radius 3 is 1.73 bits per heavy atom. The summed E-state index contributed by atoms with van der Waals surface area (Å²) in [5.74, 6) is -0.800. The standard InChI is InChI=1S/C38H64O6/c1-3-5-7-9-11-13-15-17-18-20-22-24-26-29-35(40)30-28-32-38(42)44-36(33-39)34-43-37(41)31-27-25-23-21-19-16-14-12-10-8-6-4-2/h5,7,11,13,17-18,22,24,26,29,35-36,39-40H,3-4,6,8-10,12,14-16,19-21,23,25,27-28,30-34H2,1-2H3/b7-5-,13-11-,18-17-,24-22-,29-26+/t35?,36-/m0/s1. The summed E-state index contributed by atoms with van der Waals surface area (Å²) in [6.45, 7) is 3.83. The highest BCUT2D eigenvalue weighted by Crippen LogP contribution is 2.13. The highest BCUT2D eigenvalue weighted by atomic mass is 16.6. The van der Waals surface area contributed by atoms with Crippen molar-refractivity contribution >= 4 is 11.9 Å². The van der Waals surface area contributed by atoms with Crippen LogP contribution in [0.15, 0.2) is 60.8 Å². The van der Waals surface area contributed by atoms with Crippen LogP contribution in [0.1, 0.15) is 142 Å². The van der Waals surface area contributed by atoms with Crippen LogP contribution in [0.2, 0.25) is 0 Å². The van der Waals surface area contributed by atoms with Gasteiger partial charge in [-0.05, 0) is 44.9 Å². The van der Waals surface area contributed by atoms with Crippen LogP contribution in [0, 0.1) is 0 Å². The van der Waals surface area contributed by atoms with Crippen molar-refractivity contribution in [1.82, 2.24) is 0 Å². The molecule has 0 amide bonds. The van der Waals surface area contributed by atoms with Gasteiger partial charge in [-0.1, -0.05) is 145 Å². The lowest BCUT2D eigenvalue weighted by molar-refractivity contribution is -0.161. The molecule has 1 unspecified atom stereocenters. The van der Waals surface area contributed by atoms with Crippen molar-refractivity contribution in [3.63, 3.8) is 0 Å². The Kier molecular flexibility index (Phi) is 31.6. The topological polar surface area (TPSA) is 93.1 Å². The smallest absolute Gasteiger partial charge is 0.306 e. The van der Waals surface area contributed by atoms with Gasteiger partial charge in [-0.15, -0.1) is 0 Å². The Labute approximate surface area is 269 Å². The number of esters is 2. The van der Waals surface area contributed by atoms with Gasteiger partial charge in [0, 0.05) is 12.8 Å². The molecule has 0 saturated heterocycles. The quantitative estimate of drug-likeness (QED) is 0.0361. The Balaban J connectivity index is 3.83. The van der Waals surface area contributed by atoms with Crippen molar-refractivity contribution in [3.8, 4) is 0 Å². The summed E-state index contributed by atoms with van der Waals surface area (Å²) in [7, 11) is 0. The molecule has 0 saturated carbocycles. The molecule has 0 bridgehead atoms. The van der Waals surface area contributed by atoms with Crippen molar-refractivity contribution in [2.24, 2.45) is 0 Å². The van der Waals surface area contributed by atoms with Gasteiger partial charge in [0.05, 0.1) is 12.7 Å². The van der Waals surface area contributed by atoms with E-state index in [4.69, 9.17) is 9.47 Å². The van der Waals surface area contributed by atoms with E-state index in [2.05, 4.69) is 50.3 Å². The number of hydrogen-bond acceptors (Lipinski definition) is 6. The van der Waals surface area contributed by atoms with Gasteiger partial charge in [-0.2, -0.15) is 0 Å². The third kappa shape index (κ3) is 31.0. The number of hydrogen-bond donors (Lipinski definition) is 2. The van der Waals surface area contributed by atoms with Crippen molar-refractivity contribution < 1.29 is 29.3 Å². The zero-order valence-electron chi connectivity index (χ0n) is 28.0. The molecule has 0 aromatic rings. The van der Waals surface area contributed by atoms with Crippen LogP contribution in [-0.4, -0.2) is 47.6 Å². The van der Waals surface area contributed by atoms with Gasteiger partial charge < -0.3 is 19.7 Å². The second-order valence-electron chi connectivity index (χ2n) is 11.4. The number of allylic oxidation sites excluding steroid dienone is 9. The van der Waals surface area contributed by atoms with E-state index in [1.54, 1.807) is 6.08 Å². The van der Waals surface area contributed by atoms with E-state index in [1.807, 2.05) is 18.2 Å². The van der Waals surface area contributed by atoms with Gasteiger partial charge in [0.15, 0.2) is 6.10 Å². The number of ether oxygens (including phenoxy) is 2. The van der Waals surface area contributed by atoms with Gasteiger partial charge in [-0.25, -0.2) is 0 Å². The maximum atomic E-state index is 12.1. The predicted molar refractivity (Wildman–Crippen MR) is 183 cm³/mol. The van der Waals surface area contributed by atoms with E-state index in [0.717, 1.165) is 44.9 Å². The lowest BCUT2D eigenvalue weighted by Crippen LogP contribution is -2.28. The Morgan fingerprint density at radius 2 is 1.16 bits per heavy atom. The molecule has 0 aliphatic carbocycles. The first-order valence-electron chi connectivity index (χ1n) is 17.5. The molecule has 0 aliphatic heterocycles. The fourth-order valence-corrected chi connectivity index (χ4v) is 4.52. The van der Waals surface area contributed by atoms with Crippen LogP contribution < -0.4 is 0 Å². The monoisotopic (exact) mass is 616 g/mol. The number of aliphatic hydroxyl groups excluding tert-OH is 2. The minimum absolute atomic E-state index is 0.123. The SMILES string of the molecule is CC/C=C\C/C=C\C/C=C\C/C=C\C=C\C(O)CCCC(=O)O[C@@H](CO)COC(=O)CCCCCCCCCCCCCC. The maximum Gasteiger partial charge on any atom is 0.306 e. The first-order valence-corrected chi connectivity index (χ1v) is 17.5. The minimum atomic E-state index is -0.864. The van der Waals surface area contributed by atoms with E-state index in [1.165, 1.54) is 57.8 Å². The van der Waals surface area contributed by atoms with Crippen LogP contribution in [0.4, 0.5) is 0 Å². The molecule has 0 heterocycles. The Morgan fingerprint density at radius 1 is 0.636 bits per heavy atom. The third-order valence-corrected chi connectivity index (χ3v) is 7.18. The zero-order valence-corrected chi connectivity index (χ0v) is 28.0. The number of aliphatic hydroxyl groups is 2. The molecular weight excluding hydrogens is 552 g/mol. The van der Waals surface area contributed by atoms with Crippen LogP contribution in [0.5, 0.6) is 0 Å². The van der Waals surface area contributed by atoms with Crippen molar-refractivity contribution in [1.29, 1.82) is 0 Å². The summed E-state index contributed by atoms with van der Waals surface area (Å²) in [6, 6.07) is 0. The highest BCUT2D eigenvalue weighted by Gasteiger charge is 2.16. The summed E-state index contributed by atoms with van der Waals surface area (Å²) in [5, 5.41) is 19.6. The number of unbranched alkanes of at least 4 members (excludes halogenated alkanes) is 11. The largest absolute Gasteiger partial charge is 0.462 e. The van der Waals surface area contributed by atoms with Gasteiger partial charge >= 0.3 is 11.9 Å². The molecule has 0 radical (unpaired) electrons. The lowest BCUT2D eigenvalue weighted by atomic mass is 10.0. The molecular formula is C38H64O6. The average Bonchev–Trinajstić information content (AvgIpc) is 3.02. The number of carbonyl (C=O) groups excluding carboxylic acids is 2. The molecule has 44 heavy (non-hydrogen) atoms. The minimum Gasteiger partial charge on any atom is -0.462 e. The summed E-state index contributed by atoms with van der Waals surface area (Å²) in [5.41, 5.74) is 0. The van der Waals surface area contributed by atoms with Gasteiger partial charge in [-0.3, -0.25) is 9.59 Å². The van der Waals surface area contributed by atoms with E-state index in [-0.39, 0.29) is 19.0 Å². The molecule has 2 N–H and O–H groups in total. The molecule has 0 aliphatic rings. The fraction of sp³-hybridized carbons (Fsp3) is 0.684. The summed E-state index contributed by atoms with van der Waals surface area (Å²) in [6.07, 6.45) is 38.8. The number of carbonyl (C=O) groups is 2. The molecule has 0 fully saturated rings. The molecule has 0 aromatic carbocycles. The van der Waals surface area contributed by atoms with Crippen LogP contribution in [-0.2, 0) is 19.1 Å². The molecule has 2 atom stereocenters. The van der Waals surface area contributed by atoms with Crippen molar-refractivity contribution in [2.45, 2.75) is 154 Å². The van der Waals surface area contributed by atoms with Crippen molar-refractivity contribution in [2.75, 3.05) is 13.2 Å². The summed E-state index contributed by atoms with van der Waals surface area (Å²) < 4.78 is 10.5. The first-order chi connectivity index (χ1) is 21.5. The second kappa shape index (κ2) is 33.5. The fourth-order valence-electron chi connectivity index (χ4n) is 4.52. The molecule has 0 spiro atoms. The zero-order chi connectivity index (χ0) is 32.4. The van der Waals surface area contributed by atoms with Crippen LogP contribution in [0.25, 0.3) is 0 Å². The Hall–Kier alpha value is -2.44. The van der Waals surface area contributed by atoms with Gasteiger partial charge in [0.25, 0.3) is 0 Å². The maximum absolute atomic E-state index is 12.1. The average molecular weight is 617 g/mol. The molecule has 6 nitrogen and oxygen atoms in total. The van der Waals surface area contributed by atoms with E-state index in [0.29, 0.717) is 19.3 Å². The van der Waals surface area contributed by atoms with Crippen LogP contribution in [0.3, 0.4) is 0 Å². The van der Waals surface area contributed by atoms with E-state index < -0.39 is 24.8 Å². The van der Waals surface area contributed by atoms with E-state index in [9.17, 15) is 19.8 Å². The third-order valence-electron chi connectivity index (χ3n) is 7.18. The molecule has 6 heteroatoms. The van der Waals surface area contributed by atoms with E-state index >= 15 is 0 Å². The summed E-state index contributed by atoms with van der Waals surface area (Å²) >= 11 is 0. The second-order valence-corrected chi connectivity index (χ2v) is 11.4. The van der Waals surface area contributed by atoms with Gasteiger partial charge in [0.1, 0.15) is 6.61 Å². The highest BCUT2D eigenvalue weighted by molar-refractivity contribution is 5.70.